The SMILES string of the molecule is COC1OC[C@@H]2OC(C)(C)O[C@@H]2[C@H]1OS. The Balaban J connectivity index is 2.11. The smallest absolute Gasteiger partial charge is 0.187 e. The summed E-state index contributed by atoms with van der Waals surface area (Å²) in [4.78, 5) is 0. The van der Waals surface area contributed by atoms with E-state index in [-0.39, 0.29) is 18.3 Å². The maximum Gasteiger partial charge on any atom is 0.187 e. The van der Waals surface area contributed by atoms with Gasteiger partial charge in [0.15, 0.2) is 18.2 Å². The van der Waals surface area contributed by atoms with Gasteiger partial charge in [-0.3, -0.25) is 0 Å². The van der Waals surface area contributed by atoms with Crippen molar-refractivity contribution in [1.29, 1.82) is 0 Å². The molecule has 0 spiro atoms. The molecule has 0 radical (unpaired) electrons. The van der Waals surface area contributed by atoms with Crippen molar-refractivity contribution in [3.63, 3.8) is 0 Å². The summed E-state index contributed by atoms with van der Waals surface area (Å²) in [6.45, 7) is 4.17. The topological polar surface area (TPSA) is 46.2 Å². The fourth-order valence-corrected chi connectivity index (χ4v) is 2.24. The molecule has 2 saturated heterocycles. The van der Waals surface area contributed by atoms with Crippen LogP contribution in [0.3, 0.4) is 0 Å². The van der Waals surface area contributed by atoms with Crippen LogP contribution in [-0.4, -0.2) is 44.1 Å². The van der Waals surface area contributed by atoms with Crippen LogP contribution in [0.4, 0.5) is 0 Å². The van der Waals surface area contributed by atoms with Crippen molar-refractivity contribution < 1.29 is 23.1 Å². The third-order valence-electron chi connectivity index (χ3n) is 2.59. The summed E-state index contributed by atoms with van der Waals surface area (Å²) in [5.74, 6) is -0.605. The fraction of sp³-hybridized carbons (Fsp3) is 1.00. The monoisotopic (exact) mass is 236 g/mol. The molecule has 0 bridgehead atoms. The summed E-state index contributed by atoms with van der Waals surface area (Å²) in [5, 5.41) is 0. The molecule has 0 aromatic rings. The van der Waals surface area contributed by atoms with Crippen LogP contribution in [0.2, 0.25) is 0 Å². The Morgan fingerprint density at radius 2 is 2.07 bits per heavy atom. The molecule has 5 nitrogen and oxygen atoms in total. The zero-order valence-electron chi connectivity index (χ0n) is 9.00. The van der Waals surface area contributed by atoms with Gasteiger partial charge in [-0.2, -0.15) is 0 Å². The van der Waals surface area contributed by atoms with E-state index in [1.165, 1.54) is 0 Å². The number of methoxy groups -OCH3 is 1. The van der Waals surface area contributed by atoms with Crippen molar-refractivity contribution in [2.45, 2.75) is 44.2 Å². The van der Waals surface area contributed by atoms with Crippen LogP contribution in [-0.2, 0) is 23.1 Å². The molecular formula is C9H16O5S. The molecule has 0 aromatic heterocycles. The second-order valence-corrected chi connectivity index (χ2v) is 4.36. The molecule has 0 amide bonds. The molecule has 2 rings (SSSR count). The van der Waals surface area contributed by atoms with E-state index in [2.05, 4.69) is 12.9 Å². The standard InChI is InChI=1S/C9H16O5S/c1-9(2)12-5-4-11-8(10-3)7(14-15)6(5)13-9/h5-8,15H,4H2,1-3H3/t5-,6-,7+,8?/m0/s1. The molecule has 1 unspecified atom stereocenters. The highest BCUT2D eigenvalue weighted by atomic mass is 32.1. The van der Waals surface area contributed by atoms with Gasteiger partial charge in [0.25, 0.3) is 0 Å². The highest BCUT2D eigenvalue weighted by Crippen LogP contribution is 2.35. The van der Waals surface area contributed by atoms with Gasteiger partial charge in [0.05, 0.1) is 6.61 Å². The van der Waals surface area contributed by atoms with Gasteiger partial charge in [-0.15, -0.1) is 0 Å². The molecule has 2 aliphatic heterocycles. The Kier molecular flexibility index (Phi) is 3.25. The first-order valence-corrected chi connectivity index (χ1v) is 5.24. The van der Waals surface area contributed by atoms with Gasteiger partial charge in [0, 0.05) is 7.11 Å². The average Bonchev–Trinajstić information content (AvgIpc) is 2.50. The molecule has 0 saturated carbocycles. The second kappa shape index (κ2) is 4.20. The zero-order valence-corrected chi connectivity index (χ0v) is 9.90. The second-order valence-electron chi connectivity index (χ2n) is 4.15. The normalized spacial score (nSPS) is 44.0. The largest absolute Gasteiger partial charge is 0.353 e. The van der Waals surface area contributed by atoms with Gasteiger partial charge in [-0.25, -0.2) is 0 Å². The number of hydrogen-bond donors (Lipinski definition) is 1. The molecule has 0 N–H and O–H groups in total. The predicted molar refractivity (Wildman–Crippen MR) is 54.4 cm³/mol. The summed E-state index contributed by atoms with van der Waals surface area (Å²) < 4.78 is 27.0. The number of thiol groups is 1. The third kappa shape index (κ3) is 2.15. The molecule has 0 aliphatic carbocycles. The maximum atomic E-state index is 5.73. The Morgan fingerprint density at radius 3 is 2.67 bits per heavy atom. The highest BCUT2D eigenvalue weighted by molar-refractivity contribution is 7.75. The van der Waals surface area contributed by atoms with Crippen LogP contribution in [0.15, 0.2) is 0 Å². The Labute approximate surface area is 94.6 Å². The summed E-state index contributed by atoms with van der Waals surface area (Å²) >= 11 is 3.82. The molecule has 88 valence electrons. The van der Waals surface area contributed by atoms with Crippen molar-refractivity contribution in [2.75, 3.05) is 13.7 Å². The molecular weight excluding hydrogens is 220 g/mol. The summed E-state index contributed by atoms with van der Waals surface area (Å²) in [5.41, 5.74) is 0. The third-order valence-corrected chi connectivity index (χ3v) is 2.84. The molecule has 0 aromatic carbocycles. The van der Waals surface area contributed by atoms with E-state index in [0.717, 1.165) is 0 Å². The molecule has 15 heavy (non-hydrogen) atoms. The minimum absolute atomic E-state index is 0.122. The first-order chi connectivity index (χ1) is 7.07. The van der Waals surface area contributed by atoms with E-state index in [4.69, 9.17) is 23.1 Å². The number of rotatable bonds is 2. The Hall–Kier alpha value is 0.150. The first kappa shape index (κ1) is 11.6. The van der Waals surface area contributed by atoms with Crippen LogP contribution >= 0.6 is 12.9 Å². The first-order valence-electron chi connectivity index (χ1n) is 4.87. The van der Waals surface area contributed by atoms with E-state index in [1.54, 1.807) is 7.11 Å². The maximum absolute atomic E-state index is 5.73. The van der Waals surface area contributed by atoms with E-state index >= 15 is 0 Å². The summed E-state index contributed by atoms with van der Waals surface area (Å²) in [7, 11) is 1.56. The number of ether oxygens (including phenoxy) is 4. The van der Waals surface area contributed by atoms with Crippen molar-refractivity contribution in [3.8, 4) is 0 Å². The molecule has 2 heterocycles. The van der Waals surface area contributed by atoms with Crippen molar-refractivity contribution >= 4 is 12.9 Å². The van der Waals surface area contributed by atoms with E-state index in [0.29, 0.717) is 6.61 Å². The lowest BCUT2D eigenvalue weighted by atomic mass is 10.1. The summed E-state index contributed by atoms with van der Waals surface area (Å²) in [6, 6.07) is 0. The average molecular weight is 236 g/mol. The van der Waals surface area contributed by atoms with E-state index in [1.807, 2.05) is 13.8 Å². The van der Waals surface area contributed by atoms with Crippen molar-refractivity contribution in [1.82, 2.24) is 0 Å². The zero-order chi connectivity index (χ0) is 11.1. The van der Waals surface area contributed by atoms with Gasteiger partial charge >= 0.3 is 0 Å². The lowest BCUT2D eigenvalue weighted by Crippen LogP contribution is -2.52. The molecule has 6 heteroatoms. The van der Waals surface area contributed by atoms with Crippen LogP contribution in [0.25, 0.3) is 0 Å². The van der Waals surface area contributed by atoms with Crippen molar-refractivity contribution in [2.24, 2.45) is 0 Å². The minimum atomic E-state index is -0.605. The minimum Gasteiger partial charge on any atom is -0.353 e. The van der Waals surface area contributed by atoms with Crippen LogP contribution in [0.5, 0.6) is 0 Å². The quantitative estimate of drug-likeness (QED) is 0.566. The van der Waals surface area contributed by atoms with E-state index in [9.17, 15) is 0 Å². The fourth-order valence-electron chi connectivity index (χ4n) is 2.02. The Bertz CT molecular complexity index is 235. The van der Waals surface area contributed by atoms with Gasteiger partial charge in [0.2, 0.25) is 0 Å². The van der Waals surface area contributed by atoms with Crippen LogP contribution in [0.1, 0.15) is 13.8 Å². The van der Waals surface area contributed by atoms with Gasteiger partial charge in [-0.05, 0) is 26.8 Å². The van der Waals surface area contributed by atoms with Gasteiger partial charge < -0.3 is 23.1 Å². The Morgan fingerprint density at radius 1 is 1.33 bits per heavy atom. The molecule has 4 atom stereocenters. The van der Waals surface area contributed by atoms with Gasteiger partial charge in [-0.1, -0.05) is 0 Å². The van der Waals surface area contributed by atoms with Gasteiger partial charge in [0.1, 0.15) is 12.2 Å². The van der Waals surface area contributed by atoms with Crippen LogP contribution in [0, 0.1) is 0 Å². The lowest BCUT2D eigenvalue weighted by Gasteiger charge is -2.35. The summed E-state index contributed by atoms with van der Waals surface area (Å²) in [6.07, 6.45) is -1.15. The highest BCUT2D eigenvalue weighted by Gasteiger charge is 2.51. The lowest BCUT2D eigenvalue weighted by molar-refractivity contribution is -0.230. The van der Waals surface area contributed by atoms with Crippen LogP contribution < -0.4 is 0 Å². The number of hydrogen-bond acceptors (Lipinski definition) is 6. The van der Waals surface area contributed by atoms with Crippen molar-refractivity contribution in [3.05, 3.63) is 0 Å². The molecule has 2 fully saturated rings. The molecule has 2 aliphatic rings. The number of fused-ring (bicyclic) bond motifs is 1. The van der Waals surface area contributed by atoms with E-state index < -0.39 is 12.1 Å². The predicted octanol–water partition coefficient (Wildman–Crippen LogP) is 0.739.